The van der Waals surface area contributed by atoms with Crippen LogP contribution in [0.2, 0.25) is 0 Å². The van der Waals surface area contributed by atoms with E-state index in [0.717, 1.165) is 31.6 Å². The summed E-state index contributed by atoms with van der Waals surface area (Å²) in [5, 5.41) is 3.07. The average Bonchev–Trinajstić information content (AvgIpc) is 3.32. The summed E-state index contributed by atoms with van der Waals surface area (Å²) in [4.78, 5) is 19.1. The number of benzene rings is 2. The van der Waals surface area contributed by atoms with Crippen molar-refractivity contribution in [1.82, 2.24) is 10.3 Å². The molecule has 2 aromatic carbocycles. The Morgan fingerprint density at radius 3 is 2.53 bits per heavy atom. The number of hydrogen-bond donors (Lipinski definition) is 1. The number of carbonyl (C=O) groups excluding carboxylic acids is 1. The zero-order valence-corrected chi connectivity index (χ0v) is 19.9. The van der Waals surface area contributed by atoms with E-state index in [1.165, 1.54) is 12.3 Å². The number of aromatic nitrogens is 1. The molecule has 0 spiro atoms. The minimum absolute atomic E-state index is 0.0711. The highest BCUT2D eigenvalue weighted by Crippen LogP contribution is 2.24. The van der Waals surface area contributed by atoms with Gasteiger partial charge >= 0.3 is 0 Å². The smallest absolute Gasteiger partial charge is 0.220 e. The van der Waals surface area contributed by atoms with Crippen molar-refractivity contribution in [2.75, 3.05) is 23.7 Å². The maximum atomic E-state index is 13.9. The number of sulfone groups is 1. The van der Waals surface area contributed by atoms with Gasteiger partial charge in [0.2, 0.25) is 5.91 Å². The van der Waals surface area contributed by atoms with Crippen molar-refractivity contribution in [3.63, 3.8) is 0 Å². The van der Waals surface area contributed by atoms with Crippen molar-refractivity contribution in [3.05, 3.63) is 66.4 Å². The molecule has 1 amide bonds. The summed E-state index contributed by atoms with van der Waals surface area (Å²) in [6.45, 7) is 3.18. The number of rotatable bonds is 8. The second-order valence-corrected chi connectivity index (χ2v) is 10.6. The zero-order chi connectivity index (χ0) is 24.1. The van der Waals surface area contributed by atoms with Crippen molar-refractivity contribution in [1.29, 1.82) is 0 Å². The molecular formula is C25H28FN3O4S. The number of halogens is 1. The molecule has 7 nitrogen and oxygen atoms in total. The molecule has 3 aromatic rings. The third kappa shape index (κ3) is 5.64. The molecule has 1 aromatic heterocycles. The highest BCUT2D eigenvalue weighted by molar-refractivity contribution is 7.91. The number of carbonyl (C=O) groups is 1. The normalized spacial score (nSPS) is 14.8. The van der Waals surface area contributed by atoms with Crippen LogP contribution < -0.4 is 10.2 Å². The number of hydrogen-bond acceptors (Lipinski definition) is 6. The van der Waals surface area contributed by atoms with Crippen LogP contribution >= 0.6 is 0 Å². The van der Waals surface area contributed by atoms with E-state index in [2.05, 4.69) is 15.2 Å². The predicted octanol–water partition coefficient (Wildman–Crippen LogP) is 3.99. The Balaban J connectivity index is 1.23. The number of oxazole rings is 1. The van der Waals surface area contributed by atoms with E-state index in [9.17, 15) is 17.6 Å². The number of nitrogens with zero attached hydrogens (tertiary/aromatic N) is 2. The van der Waals surface area contributed by atoms with Crippen molar-refractivity contribution in [2.24, 2.45) is 0 Å². The van der Waals surface area contributed by atoms with Gasteiger partial charge in [0.1, 0.15) is 5.82 Å². The molecule has 2 heterocycles. The first-order valence-electron chi connectivity index (χ1n) is 11.4. The Morgan fingerprint density at radius 1 is 1.15 bits per heavy atom. The molecule has 0 saturated carbocycles. The number of piperidine rings is 1. The summed E-state index contributed by atoms with van der Waals surface area (Å²) < 4.78 is 43.5. The quantitative estimate of drug-likeness (QED) is 0.519. The van der Waals surface area contributed by atoms with Gasteiger partial charge in [-0.25, -0.2) is 17.8 Å². The maximum Gasteiger partial charge on any atom is 0.220 e. The lowest BCUT2D eigenvalue weighted by atomic mass is 10.0. The van der Waals surface area contributed by atoms with Crippen molar-refractivity contribution in [2.45, 2.75) is 43.5 Å². The summed E-state index contributed by atoms with van der Waals surface area (Å²) in [6.07, 6.45) is 3.66. The van der Waals surface area contributed by atoms with E-state index >= 15 is 0 Å². The van der Waals surface area contributed by atoms with Crippen LogP contribution in [0.25, 0.3) is 11.3 Å². The van der Waals surface area contributed by atoms with E-state index in [1.54, 1.807) is 37.3 Å². The molecule has 0 aliphatic carbocycles. The van der Waals surface area contributed by atoms with Crippen LogP contribution in [0.15, 0.2) is 64.0 Å². The lowest BCUT2D eigenvalue weighted by Crippen LogP contribution is -2.44. The van der Waals surface area contributed by atoms with Gasteiger partial charge in [-0.05, 0) is 49.2 Å². The molecule has 34 heavy (non-hydrogen) atoms. The Bertz CT molecular complexity index is 1230. The minimum Gasteiger partial charge on any atom is -0.441 e. The second kappa shape index (κ2) is 10.4. The van der Waals surface area contributed by atoms with Crippen molar-refractivity contribution < 1.29 is 22.0 Å². The van der Waals surface area contributed by atoms with Gasteiger partial charge in [0, 0.05) is 37.7 Å². The summed E-state index contributed by atoms with van der Waals surface area (Å²) in [5.74, 6) is 0.382. The molecule has 4 rings (SSSR count). The third-order valence-electron chi connectivity index (χ3n) is 6.06. The van der Waals surface area contributed by atoms with Gasteiger partial charge in [0.25, 0.3) is 0 Å². The molecule has 1 N–H and O–H groups in total. The number of nitrogens with one attached hydrogen (secondary N) is 1. The lowest BCUT2D eigenvalue weighted by molar-refractivity contribution is -0.122. The molecule has 180 valence electrons. The molecule has 1 aliphatic heterocycles. The molecule has 1 aliphatic rings. The largest absolute Gasteiger partial charge is 0.441 e. The van der Waals surface area contributed by atoms with E-state index in [0.29, 0.717) is 28.5 Å². The Hall–Kier alpha value is -3.20. The van der Waals surface area contributed by atoms with Crippen LogP contribution in [-0.2, 0) is 21.1 Å². The highest BCUT2D eigenvalue weighted by Gasteiger charge is 2.22. The Labute approximate surface area is 198 Å². The first-order valence-corrected chi connectivity index (χ1v) is 13.1. The van der Waals surface area contributed by atoms with Gasteiger partial charge in [-0.3, -0.25) is 4.79 Å². The van der Waals surface area contributed by atoms with Crippen molar-refractivity contribution in [3.8, 4) is 11.3 Å². The zero-order valence-electron chi connectivity index (χ0n) is 19.0. The van der Waals surface area contributed by atoms with Gasteiger partial charge in [-0.1, -0.05) is 19.1 Å². The van der Waals surface area contributed by atoms with E-state index in [4.69, 9.17) is 4.42 Å². The summed E-state index contributed by atoms with van der Waals surface area (Å²) in [6, 6.07) is 13.4. The third-order valence-corrected chi connectivity index (χ3v) is 7.81. The fraction of sp³-hybridized carbons (Fsp3) is 0.360. The minimum atomic E-state index is -3.20. The van der Waals surface area contributed by atoms with Crippen LogP contribution in [0.3, 0.4) is 0 Å². The van der Waals surface area contributed by atoms with E-state index in [-0.39, 0.29) is 29.9 Å². The second-order valence-electron chi connectivity index (χ2n) is 8.32. The van der Waals surface area contributed by atoms with Gasteiger partial charge in [0.15, 0.2) is 21.5 Å². The monoisotopic (exact) mass is 485 g/mol. The topological polar surface area (TPSA) is 92.5 Å². The molecule has 1 fully saturated rings. The fourth-order valence-corrected chi connectivity index (χ4v) is 4.93. The van der Waals surface area contributed by atoms with Crippen LogP contribution in [0.5, 0.6) is 0 Å². The maximum absolute atomic E-state index is 13.9. The predicted molar refractivity (Wildman–Crippen MR) is 128 cm³/mol. The fourth-order valence-electron chi connectivity index (χ4n) is 4.04. The first-order chi connectivity index (χ1) is 16.4. The van der Waals surface area contributed by atoms with Crippen LogP contribution in [0.4, 0.5) is 10.1 Å². The molecule has 0 atom stereocenters. The number of anilines is 1. The molecule has 0 radical (unpaired) electrons. The van der Waals surface area contributed by atoms with Crippen LogP contribution in [0.1, 0.15) is 32.1 Å². The van der Waals surface area contributed by atoms with Gasteiger partial charge in [-0.15, -0.1) is 0 Å². The molecular weight excluding hydrogens is 457 g/mol. The lowest BCUT2D eigenvalue weighted by Gasteiger charge is -2.34. The standard InChI is InChI=1S/C25H28FN3O4S/c1-2-34(31,32)20-9-7-19(8-10-20)29-15-13-18(14-16-29)28-24(30)11-12-25-27-17-23(33-25)21-5-3-4-6-22(21)26/h3-10,17-18H,2,11-16H2,1H3,(H,28,30). The summed E-state index contributed by atoms with van der Waals surface area (Å²) in [7, 11) is -3.20. The van der Waals surface area contributed by atoms with Crippen LogP contribution in [0, 0.1) is 5.82 Å². The van der Waals surface area contributed by atoms with Gasteiger partial charge in [0.05, 0.1) is 22.4 Å². The number of aryl methyl sites for hydroxylation is 1. The van der Waals surface area contributed by atoms with Gasteiger partial charge < -0.3 is 14.6 Å². The number of amides is 1. The van der Waals surface area contributed by atoms with Crippen LogP contribution in [-0.4, -0.2) is 44.2 Å². The highest BCUT2D eigenvalue weighted by atomic mass is 32.2. The molecule has 9 heteroatoms. The van der Waals surface area contributed by atoms with Crippen molar-refractivity contribution >= 4 is 21.4 Å². The molecule has 0 unspecified atom stereocenters. The van der Waals surface area contributed by atoms with E-state index in [1.807, 2.05) is 12.1 Å². The Kier molecular flexibility index (Phi) is 7.31. The summed E-state index contributed by atoms with van der Waals surface area (Å²) in [5.41, 5.74) is 1.33. The van der Waals surface area contributed by atoms with E-state index < -0.39 is 9.84 Å². The van der Waals surface area contributed by atoms with Gasteiger partial charge in [-0.2, -0.15) is 0 Å². The SMILES string of the molecule is CCS(=O)(=O)c1ccc(N2CCC(NC(=O)CCc3ncc(-c4ccccc4F)o3)CC2)cc1. The Morgan fingerprint density at radius 2 is 1.85 bits per heavy atom. The summed E-state index contributed by atoms with van der Waals surface area (Å²) >= 11 is 0. The molecule has 0 bridgehead atoms. The average molecular weight is 486 g/mol. The first kappa shape index (κ1) is 23.9. The molecule has 1 saturated heterocycles.